The Morgan fingerprint density at radius 1 is 1.50 bits per heavy atom. The molecule has 0 spiro atoms. The summed E-state index contributed by atoms with van der Waals surface area (Å²) in [5, 5.41) is 11.3. The third-order valence-electron chi connectivity index (χ3n) is 1.93. The minimum absolute atomic E-state index is 0.268. The molecule has 6 heteroatoms. The topological polar surface area (TPSA) is 105 Å². The van der Waals surface area contributed by atoms with Crippen molar-refractivity contribution in [3.05, 3.63) is 30.1 Å². The molecule has 2 atom stereocenters. The van der Waals surface area contributed by atoms with Gasteiger partial charge in [0, 0.05) is 6.20 Å². The lowest BCUT2D eigenvalue weighted by atomic mass is 10.1. The summed E-state index contributed by atoms with van der Waals surface area (Å²) in [7, 11) is 0. The SMILES string of the molecule is C[C@H](N)C(=O)NC(C(=O)O)c1ccccn1. The van der Waals surface area contributed by atoms with Gasteiger partial charge < -0.3 is 16.2 Å². The van der Waals surface area contributed by atoms with Gasteiger partial charge in [-0.2, -0.15) is 0 Å². The van der Waals surface area contributed by atoms with E-state index in [1.807, 2.05) is 0 Å². The van der Waals surface area contributed by atoms with E-state index < -0.39 is 24.0 Å². The van der Waals surface area contributed by atoms with Crippen LogP contribution in [0.3, 0.4) is 0 Å². The number of amides is 1. The molecule has 0 bridgehead atoms. The van der Waals surface area contributed by atoms with E-state index in [0.29, 0.717) is 0 Å². The van der Waals surface area contributed by atoms with Crippen molar-refractivity contribution in [1.82, 2.24) is 10.3 Å². The second-order valence-corrected chi connectivity index (χ2v) is 3.32. The van der Waals surface area contributed by atoms with Gasteiger partial charge in [-0.25, -0.2) is 4.79 Å². The van der Waals surface area contributed by atoms with Gasteiger partial charge in [0.15, 0.2) is 6.04 Å². The molecule has 1 unspecified atom stereocenters. The maximum atomic E-state index is 11.3. The summed E-state index contributed by atoms with van der Waals surface area (Å²) in [4.78, 5) is 26.1. The van der Waals surface area contributed by atoms with Crippen molar-refractivity contribution in [2.75, 3.05) is 0 Å². The first-order chi connectivity index (χ1) is 7.52. The van der Waals surface area contributed by atoms with Crippen LogP contribution in [0.15, 0.2) is 24.4 Å². The smallest absolute Gasteiger partial charge is 0.332 e. The fourth-order valence-electron chi connectivity index (χ4n) is 1.08. The number of nitrogens with zero attached hydrogens (tertiary/aromatic N) is 1. The second-order valence-electron chi connectivity index (χ2n) is 3.32. The molecule has 0 saturated heterocycles. The van der Waals surface area contributed by atoms with Crippen LogP contribution >= 0.6 is 0 Å². The fraction of sp³-hybridized carbons (Fsp3) is 0.300. The van der Waals surface area contributed by atoms with E-state index in [9.17, 15) is 9.59 Å². The molecule has 86 valence electrons. The predicted molar refractivity (Wildman–Crippen MR) is 56.4 cm³/mol. The fourth-order valence-corrected chi connectivity index (χ4v) is 1.08. The number of pyridine rings is 1. The first-order valence-corrected chi connectivity index (χ1v) is 4.72. The lowest BCUT2D eigenvalue weighted by Gasteiger charge is -2.15. The quantitative estimate of drug-likeness (QED) is 0.648. The Kier molecular flexibility index (Phi) is 3.96. The molecule has 0 radical (unpaired) electrons. The van der Waals surface area contributed by atoms with Gasteiger partial charge in [0.2, 0.25) is 5.91 Å². The van der Waals surface area contributed by atoms with Crippen LogP contribution in [0, 0.1) is 0 Å². The normalized spacial score (nSPS) is 13.9. The Balaban J connectivity index is 2.85. The van der Waals surface area contributed by atoms with Crippen molar-refractivity contribution < 1.29 is 14.7 Å². The standard InChI is InChI=1S/C10H13N3O3/c1-6(11)9(14)13-8(10(15)16)7-4-2-3-5-12-7/h2-6,8H,11H2,1H3,(H,13,14)(H,15,16)/t6-,8?/m0/s1. The van der Waals surface area contributed by atoms with Gasteiger partial charge in [-0.3, -0.25) is 9.78 Å². The summed E-state index contributed by atoms with van der Waals surface area (Å²) >= 11 is 0. The molecular weight excluding hydrogens is 210 g/mol. The number of carboxylic acids is 1. The van der Waals surface area contributed by atoms with E-state index >= 15 is 0 Å². The lowest BCUT2D eigenvalue weighted by molar-refractivity contribution is -0.142. The zero-order valence-corrected chi connectivity index (χ0v) is 8.75. The largest absolute Gasteiger partial charge is 0.479 e. The van der Waals surface area contributed by atoms with E-state index in [-0.39, 0.29) is 5.69 Å². The van der Waals surface area contributed by atoms with Crippen molar-refractivity contribution in [2.45, 2.75) is 19.0 Å². The maximum absolute atomic E-state index is 11.3. The number of hydrogen-bond donors (Lipinski definition) is 3. The van der Waals surface area contributed by atoms with Crippen molar-refractivity contribution in [2.24, 2.45) is 5.73 Å². The van der Waals surface area contributed by atoms with Gasteiger partial charge >= 0.3 is 5.97 Å². The van der Waals surface area contributed by atoms with Gasteiger partial charge in [0.25, 0.3) is 0 Å². The number of nitrogens with two attached hydrogens (primary N) is 1. The summed E-state index contributed by atoms with van der Waals surface area (Å²) in [5.74, 6) is -1.70. The van der Waals surface area contributed by atoms with E-state index in [0.717, 1.165) is 0 Å². The highest BCUT2D eigenvalue weighted by Gasteiger charge is 2.24. The molecule has 0 aliphatic carbocycles. The molecule has 4 N–H and O–H groups in total. The number of carbonyl (C=O) groups is 2. The molecule has 1 rings (SSSR count). The highest BCUT2D eigenvalue weighted by molar-refractivity contribution is 5.86. The number of carboxylic acid groups (broad SMARTS) is 1. The number of carbonyl (C=O) groups excluding carboxylic acids is 1. The zero-order chi connectivity index (χ0) is 12.1. The molecule has 1 heterocycles. The minimum Gasteiger partial charge on any atom is -0.479 e. The third kappa shape index (κ3) is 3.03. The van der Waals surface area contributed by atoms with E-state index in [1.54, 1.807) is 12.1 Å². The summed E-state index contributed by atoms with van der Waals surface area (Å²) in [6.45, 7) is 1.48. The number of rotatable bonds is 4. The van der Waals surface area contributed by atoms with E-state index in [2.05, 4.69) is 10.3 Å². The summed E-state index contributed by atoms with van der Waals surface area (Å²) in [6, 6.07) is 2.91. The van der Waals surface area contributed by atoms with Crippen LogP contribution in [0.1, 0.15) is 18.7 Å². The van der Waals surface area contributed by atoms with Gasteiger partial charge in [0.1, 0.15) is 0 Å². The molecule has 1 amide bonds. The number of hydrogen-bond acceptors (Lipinski definition) is 4. The molecule has 16 heavy (non-hydrogen) atoms. The Hall–Kier alpha value is -1.95. The summed E-state index contributed by atoms with van der Waals surface area (Å²) in [6.07, 6.45) is 1.46. The Morgan fingerprint density at radius 2 is 2.19 bits per heavy atom. The molecular formula is C10H13N3O3. The molecule has 0 saturated carbocycles. The number of aromatic nitrogens is 1. The maximum Gasteiger partial charge on any atom is 0.332 e. The van der Waals surface area contributed by atoms with Crippen molar-refractivity contribution in [3.8, 4) is 0 Å². The van der Waals surface area contributed by atoms with Crippen molar-refractivity contribution in [1.29, 1.82) is 0 Å². The highest BCUT2D eigenvalue weighted by atomic mass is 16.4. The van der Waals surface area contributed by atoms with Crippen LogP contribution in [0.2, 0.25) is 0 Å². The minimum atomic E-state index is -1.17. The van der Waals surface area contributed by atoms with Crippen molar-refractivity contribution >= 4 is 11.9 Å². The summed E-state index contributed by atoms with van der Waals surface area (Å²) in [5.41, 5.74) is 5.60. The van der Waals surface area contributed by atoms with Crippen LogP contribution in [0.25, 0.3) is 0 Å². The molecule has 6 nitrogen and oxygen atoms in total. The lowest BCUT2D eigenvalue weighted by Crippen LogP contribution is -2.42. The van der Waals surface area contributed by atoms with Gasteiger partial charge in [-0.1, -0.05) is 6.07 Å². The van der Waals surface area contributed by atoms with Crippen LogP contribution in [0.5, 0.6) is 0 Å². The summed E-state index contributed by atoms with van der Waals surface area (Å²) < 4.78 is 0. The number of nitrogens with one attached hydrogen (secondary N) is 1. The van der Waals surface area contributed by atoms with Crippen LogP contribution in [0.4, 0.5) is 0 Å². The zero-order valence-electron chi connectivity index (χ0n) is 8.75. The van der Waals surface area contributed by atoms with Crippen LogP contribution in [-0.4, -0.2) is 28.0 Å². The molecule has 1 aromatic rings. The molecule has 0 aromatic carbocycles. The van der Waals surface area contributed by atoms with E-state index in [4.69, 9.17) is 10.8 Å². The number of aliphatic carboxylic acids is 1. The molecule has 0 fully saturated rings. The second kappa shape index (κ2) is 5.22. The van der Waals surface area contributed by atoms with E-state index in [1.165, 1.54) is 19.2 Å². The highest BCUT2D eigenvalue weighted by Crippen LogP contribution is 2.09. The molecule has 0 aliphatic rings. The van der Waals surface area contributed by atoms with Gasteiger partial charge in [0.05, 0.1) is 11.7 Å². The molecule has 0 aliphatic heterocycles. The van der Waals surface area contributed by atoms with Crippen molar-refractivity contribution in [3.63, 3.8) is 0 Å². The average Bonchev–Trinajstić information content (AvgIpc) is 2.26. The molecule has 1 aromatic heterocycles. The Labute approximate surface area is 92.5 Å². The Bertz CT molecular complexity index is 378. The van der Waals surface area contributed by atoms with Gasteiger partial charge in [-0.15, -0.1) is 0 Å². The van der Waals surface area contributed by atoms with Gasteiger partial charge in [-0.05, 0) is 19.1 Å². The van der Waals surface area contributed by atoms with Crippen LogP contribution in [-0.2, 0) is 9.59 Å². The first-order valence-electron chi connectivity index (χ1n) is 4.72. The van der Waals surface area contributed by atoms with Crippen LogP contribution < -0.4 is 11.1 Å². The average molecular weight is 223 g/mol. The predicted octanol–water partition coefficient (Wildman–Crippen LogP) is -0.329. The Morgan fingerprint density at radius 3 is 2.62 bits per heavy atom. The monoisotopic (exact) mass is 223 g/mol. The third-order valence-corrected chi connectivity index (χ3v) is 1.93. The first kappa shape index (κ1) is 12.1.